The van der Waals surface area contributed by atoms with Crippen molar-refractivity contribution in [3.8, 4) is 0 Å². The van der Waals surface area contributed by atoms with Gasteiger partial charge >= 0.3 is 0 Å². The number of hydrogen-bond acceptors (Lipinski definition) is 2. The normalized spacial score (nSPS) is 10.3. The lowest BCUT2D eigenvalue weighted by Crippen LogP contribution is -2.26. The van der Waals surface area contributed by atoms with E-state index in [-0.39, 0.29) is 5.91 Å². The van der Waals surface area contributed by atoms with Crippen LogP contribution < -0.4 is 5.73 Å². The van der Waals surface area contributed by atoms with Gasteiger partial charge in [-0.1, -0.05) is 12.1 Å². The van der Waals surface area contributed by atoms with Gasteiger partial charge in [0.15, 0.2) is 0 Å². The van der Waals surface area contributed by atoms with Crippen molar-refractivity contribution in [3.05, 3.63) is 63.9 Å². The molecule has 2 aromatic rings. The molecule has 0 unspecified atom stereocenters. The Labute approximate surface area is 125 Å². The molecule has 0 heterocycles. The van der Waals surface area contributed by atoms with Crippen LogP contribution in [-0.2, 0) is 6.54 Å². The number of rotatable bonds is 3. The number of halogens is 2. The molecular formula is C15H14BrFN2O. The van der Waals surface area contributed by atoms with Crippen LogP contribution in [0.25, 0.3) is 0 Å². The standard InChI is InChI=1S/C15H14BrFN2O/c1-19(9-10-3-2-4-12(18)7-10)15(20)11-5-6-13(16)14(17)8-11/h2-8H,9,18H2,1H3. The summed E-state index contributed by atoms with van der Waals surface area (Å²) in [4.78, 5) is 13.7. The summed E-state index contributed by atoms with van der Waals surface area (Å²) in [5.74, 6) is -0.688. The fourth-order valence-corrected chi connectivity index (χ4v) is 2.13. The molecule has 0 aromatic heterocycles. The summed E-state index contributed by atoms with van der Waals surface area (Å²) >= 11 is 3.06. The molecule has 0 saturated carbocycles. The maximum atomic E-state index is 13.4. The minimum absolute atomic E-state index is 0.237. The van der Waals surface area contributed by atoms with Crippen molar-refractivity contribution in [1.29, 1.82) is 0 Å². The smallest absolute Gasteiger partial charge is 0.253 e. The van der Waals surface area contributed by atoms with E-state index < -0.39 is 5.82 Å². The molecule has 3 nitrogen and oxygen atoms in total. The molecule has 0 aliphatic carbocycles. The van der Waals surface area contributed by atoms with Crippen molar-refractivity contribution in [3.63, 3.8) is 0 Å². The van der Waals surface area contributed by atoms with Gasteiger partial charge in [-0.2, -0.15) is 0 Å². The largest absolute Gasteiger partial charge is 0.399 e. The number of nitrogens with zero attached hydrogens (tertiary/aromatic N) is 1. The zero-order chi connectivity index (χ0) is 14.7. The zero-order valence-corrected chi connectivity index (χ0v) is 12.5. The highest BCUT2D eigenvalue weighted by Crippen LogP contribution is 2.18. The molecule has 0 spiro atoms. The molecule has 0 radical (unpaired) electrons. The lowest BCUT2D eigenvalue weighted by molar-refractivity contribution is 0.0784. The van der Waals surface area contributed by atoms with Gasteiger partial charge in [-0.3, -0.25) is 4.79 Å². The van der Waals surface area contributed by atoms with Crippen LogP contribution in [0.15, 0.2) is 46.9 Å². The number of carbonyl (C=O) groups is 1. The molecule has 1 amide bonds. The predicted octanol–water partition coefficient (Wildman–Crippen LogP) is 3.44. The van der Waals surface area contributed by atoms with Crippen LogP contribution in [0.4, 0.5) is 10.1 Å². The Kier molecular flexibility index (Phi) is 4.39. The van der Waals surface area contributed by atoms with E-state index in [1.165, 1.54) is 17.0 Å². The van der Waals surface area contributed by atoms with Gasteiger partial charge in [0.05, 0.1) is 4.47 Å². The van der Waals surface area contributed by atoms with Gasteiger partial charge in [-0.05, 0) is 51.8 Å². The maximum Gasteiger partial charge on any atom is 0.253 e. The predicted molar refractivity (Wildman–Crippen MR) is 80.8 cm³/mol. The van der Waals surface area contributed by atoms with Gasteiger partial charge in [-0.25, -0.2) is 4.39 Å². The third-order valence-corrected chi connectivity index (χ3v) is 3.53. The SMILES string of the molecule is CN(Cc1cccc(N)c1)C(=O)c1ccc(Br)c(F)c1. The molecule has 2 rings (SSSR count). The molecule has 20 heavy (non-hydrogen) atoms. The Morgan fingerprint density at radius 1 is 1.30 bits per heavy atom. The van der Waals surface area contributed by atoms with E-state index in [1.54, 1.807) is 19.2 Å². The first-order valence-corrected chi connectivity index (χ1v) is 6.81. The summed E-state index contributed by atoms with van der Waals surface area (Å²) in [7, 11) is 1.67. The van der Waals surface area contributed by atoms with Crippen molar-refractivity contribution < 1.29 is 9.18 Å². The third-order valence-electron chi connectivity index (χ3n) is 2.88. The van der Waals surface area contributed by atoms with Crippen LogP contribution >= 0.6 is 15.9 Å². The number of nitrogen functional groups attached to an aromatic ring is 1. The summed E-state index contributed by atoms with van der Waals surface area (Å²) in [5, 5.41) is 0. The van der Waals surface area contributed by atoms with E-state index in [9.17, 15) is 9.18 Å². The van der Waals surface area contributed by atoms with E-state index in [0.717, 1.165) is 5.56 Å². The van der Waals surface area contributed by atoms with Crippen molar-refractivity contribution in [2.24, 2.45) is 0 Å². The van der Waals surface area contributed by atoms with Crippen LogP contribution in [-0.4, -0.2) is 17.9 Å². The van der Waals surface area contributed by atoms with Crippen LogP contribution in [0, 0.1) is 5.82 Å². The summed E-state index contributed by atoms with van der Waals surface area (Å²) in [6, 6.07) is 11.7. The molecule has 0 saturated heterocycles. The van der Waals surface area contributed by atoms with Crippen LogP contribution in [0.1, 0.15) is 15.9 Å². The van der Waals surface area contributed by atoms with E-state index in [0.29, 0.717) is 22.3 Å². The summed E-state index contributed by atoms with van der Waals surface area (Å²) in [6.07, 6.45) is 0. The van der Waals surface area contributed by atoms with Gasteiger partial charge in [0.1, 0.15) is 5.82 Å². The quantitative estimate of drug-likeness (QED) is 0.872. The number of benzene rings is 2. The second-order valence-electron chi connectivity index (χ2n) is 4.54. The van der Waals surface area contributed by atoms with Crippen molar-refractivity contribution in [2.75, 3.05) is 12.8 Å². The monoisotopic (exact) mass is 336 g/mol. The maximum absolute atomic E-state index is 13.4. The molecule has 0 aliphatic rings. The van der Waals surface area contributed by atoms with E-state index in [4.69, 9.17) is 5.73 Å². The lowest BCUT2D eigenvalue weighted by Gasteiger charge is -2.17. The Morgan fingerprint density at radius 3 is 2.70 bits per heavy atom. The fourth-order valence-electron chi connectivity index (χ4n) is 1.89. The number of nitrogens with two attached hydrogens (primary N) is 1. The molecule has 5 heteroatoms. The van der Waals surface area contributed by atoms with Gasteiger partial charge in [0.2, 0.25) is 0 Å². The van der Waals surface area contributed by atoms with E-state index in [2.05, 4.69) is 15.9 Å². The first kappa shape index (κ1) is 14.5. The molecule has 2 N–H and O–H groups in total. The molecule has 0 fully saturated rings. The second-order valence-corrected chi connectivity index (χ2v) is 5.39. The topological polar surface area (TPSA) is 46.3 Å². The van der Waals surface area contributed by atoms with Crippen LogP contribution in [0.5, 0.6) is 0 Å². The Bertz CT molecular complexity index is 646. The number of anilines is 1. The highest BCUT2D eigenvalue weighted by Gasteiger charge is 2.13. The van der Waals surface area contributed by atoms with Gasteiger partial charge in [0.25, 0.3) is 5.91 Å². The minimum atomic E-state index is -0.451. The average molecular weight is 337 g/mol. The number of amides is 1. The number of carbonyl (C=O) groups excluding carboxylic acids is 1. The molecule has 0 atom stereocenters. The zero-order valence-electron chi connectivity index (χ0n) is 10.9. The highest BCUT2D eigenvalue weighted by atomic mass is 79.9. The highest BCUT2D eigenvalue weighted by molar-refractivity contribution is 9.10. The summed E-state index contributed by atoms with van der Waals surface area (Å²) in [5.41, 5.74) is 7.60. The average Bonchev–Trinajstić information content (AvgIpc) is 2.41. The van der Waals surface area contributed by atoms with Crippen LogP contribution in [0.3, 0.4) is 0 Å². The molecule has 2 aromatic carbocycles. The fraction of sp³-hybridized carbons (Fsp3) is 0.133. The molecular weight excluding hydrogens is 323 g/mol. The summed E-state index contributed by atoms with van der Waals surface area (Å²) in [6.45, 7) is 0.418. The molecule has 0 aliphatic heterocycles. The van der Waals surface area contributed by atoms with Crippen molar-refractivity contribution in [2.45, 2.75) is 6.54 Å². The second kappa shape index (κ2) is 6.05. The minimum Gasteiger partial charge on any atom is -0.399 e. The third kappa shape index (κ3) is 3.36. The Balaban J connectivity index is 2.14. The molecule has 0 bridgehead atoms. The number of hydrogen-bond donors (Lipinski definition) is 1. The van der Waals surface area contributed by atoms with Gasteiger partial charge in [-0.15, -0.1) is 0 Å². The van der Waals surface area contributed by atoms with Gasteiger partial charge in [0, 0.05) is 24.8 Å². The lowest BCUT2D eigenvalue weighted by atomic mass is 10.1. The van der Waals surface area contributed by atoms with Crippen LogP contribution in [0.2, 0.25) is 0 Å². The first-order valence-electron chi connectivity index (χ1n) is 6.02. The van der Waals surface area contributed by atoms with Gasteiger partial charge < -0.3 is 10.6 Å². The van der Waals surface area contributed by atoms with E-state index in [1.807, 2.05) is 18.2 Å². The Hall–Kier alpha value is -1.88. The molecule has 104 valence electrons. The first-order chi connectivity index (χ1) is 9.47. The summed E-state index contributed by atoms with van der Waals surface area (Å²) < 4.78 is 13.8. The van der Waals surface area contributed by atoms with Crippen molar-refractivity contribution >= 4 is 27.5 Å². The Morgan fingerprint density at radius 2 is 2.05 bits per heavy atom. The van der Waals surface area contributed by atoms with Crippen molar-refractivity contribution in [1.82, 2.24) is 4.90 Å². The van der Waals surface area contributed by atoms with E-state index >= 15 is 0 Å².